The summed E-state index contributed by atoms with van der Waals surface area (Å²) in [6, 6.07) is 0. The molecule has 0 aromatic heterocycles. The van der Waals surface area contributed by atoms with Crippen LogP contribution in [0.15, 0.2) is 0 Å². The highest BCUT2D eigenvalue weighted by atomic mass is 32.1. The number of nitrogens with zero attached hydrogens (tertiary/aromatic N) is 1. The molecule has 1 heterocycles. The Kier molecular flexibility index (Phi) is 4.52. The van der Waals surface area contributed by atoms with Gasteiger partial charge in [-0.3, -0.25) is 4.90 Å². The van der Waals surface area contributed by atoms with Crippen molar-refractivity contribution in [3.8, 4) is 0 Å². The summed E-state index contributed by atoms with van der Waals surface area (Å²) in [5.74, 6) is 1.44. The zero-order chi connectivity index (χ0) is 9.84. The summed E-state index contributed by atoms with van der Waals surface area (Å²) >= 11 is 4.26. The van der Waals surface area contributed by atoms with Crippen LogP contribution in [0.3, 0.4) is 0 Å². The molecule has 0 bridgehead atoms. The van der Waals surface area contributed by atoms with E-state index >= 15 is 0 Å². The standard InChI is InChI=1S/C9H19NO2S/c1-2-7(6-13)3-10-4-8(11)9(12)5-10/h7-9,11-13H,2-6H2,1H3. The first kappa shape index (κ1) is 11.3. The topological polar surface area (TPSA) is 43.7 Å². The summed E-state index contributed by atoms with van der Waals surface area (Å²) in [5, 5.41) is 18.6. The highest BCUT2D eigenvalue weighted by Gasteiger charge is 2.29. The molecule has 1 rings (SSSR count). The van der Waals surface area contributed by atoms with E-state index in [1.54, 1.807) is 0 Å². The van der Waals surface area contributed by atoms with E-state index < -0.39 is 12.2 Å². The number of rotatable bonds is 4. The van der Waals surface area contributed by atoms with Gasteiger partial charge >= 0.3 is 0 Å². The summed E-state index contributed by atoms with van der Waals surface area (Å²) in [6.45, 7) is 4.29. The zero-order valence-corrected chi connectivity index (χ0v) is 8.95. The Labute approximate surface area is 85.2 Å². The van der Waals surface area contributed by atoms with Crippen molar-refractivity contribution in [2.45, 2.75) is 25.6 Å². The molecule has 0 aliphatic carbocycles. The van der Waals surface area contributed by atoms with Gasteiger partial charge in [0.05, 0.1) is 12.2 Å². The van der Waals surface area contributed by atoms with Gasteiger partial charge < -0.3 is 10.2 Å². The molecule has 0 aromatic carbocycles. The Hall–Kier alpha value is 0.230. The van der Waals surface area contributed by atoms with Gasteiger partial charge in [0.1, 0.15) is 0 Å². The first-order chi connectivity index (χ1) is 6.17. The monoisotopic (exact) mass is 205 g/mol. The van der Waals surface area contributed by atoms with Crippen LogP contribution in [0.5, 0.6) is 0 Å². The largest absolute Gasteiger partial charge is 0.389 e. The molecule has 3 atom stereocenters. The molecule has 0 amide bonds. The van der Waals surface area contributed by atoms with Crippen molar-refractivity contribution in [3.05, 3.63) is 0 Å². The van der Waals surface area contributed by atoms with Crippen LogP contribution in [0.1, 0.15) is 13.3 Å². The van der Waals surface area contributed by atoms with Crippen LogP contribution in [0, 0.1) is 5.92 Å². The number of hydrogen-bond acceptors (Lipinski definition) is 4. The predicted molar refractivity (Wildman–Crippen MR) is 56.1 cm³/mol. The van der Waals surface area contributed by atoms with Crippen LogP contribution < -0.4 is 0 Å². The van der Waals surface area contributed by atoms with Crippen LogP contribution in [0.4, 0.5) is 0 Å². The number of aliphatic hydroxyl groups excluding tert-OH is 2. The third-order valence-electron chi connectivity index (χ3n) is 2.69. The van der Waals surface area contributed by atoms with Gasteiger partial charge in [-0.1, -0.05) is 13.3 Å². The fourth-order valence-corrected chi connectivity index (χ4v) is 2.05. The van der Waals surface area contributed by atoms with E-state index in [-0.39, 0.29) is 0 Å². The number of hydrogen-bond donors (Lipinski definition) is 3. The highest BCUT2D eigenvalue weighted by Crippen LogP contribution is 2.14. The summed E-state index contributed by atoms with van der Waals surface area (Å²) in [5.41, 5.74) is 0. The predicted octanol–water partition coefficient (Wildman–Crippen LogP) is -0.0202. The quantitative estimate of drug-likeness (QED) is 0.565. The SMILES string of the molecule is CCC(CS)CN1CC(O)C(O)C1. The van der Waals surface area contributed by atoms with E-state index in [1.165, 1.54) is 0 Å². The van der Waals surface area contributed by atoms with E-state index in [0.717, 1.165) is 18.7 Å². The Morgan fingerprint density at radius 1 is 1.38 bits per heavy atom. The first-order valence-corrected chi connectivity index (χ1v) is 5.50. The van der Waals surface area contributed by atoms with E-state index in [1.807, 2.05) is 0 Å². The smallest absolute Gasteiger partial charge is 0.0938 e. The zero-order valence-electron chi connectivity index (χ0n) is 8.06. The van der Waals surface area contributed by atoms with E-state index in [4.69, 9.17) is 0 Å². The van der Waals surface area contributed by atoms with Crippen LogP contribution in [0.25, 0.3) is 0 Å². The second-order valence-electron chi connectivity index (χ2n) is 3.81. The minimum absolute atomic E-state index is 0.558. The van der Waals surface area contributed by atoms with Crippen molar-refractivity contribution < 1.29 is 10.2 Å². The maximum atomic E-state index is 9.32. The van der Waals surface area contributed by atoms with Gasteiger partial charge in [0.25, 0.3) is 0 Å². The molecule has 0 saturated carbocycles. The Morgan fingerprint density at radius 2 is 1.92 bits per heavy atom. The van der Waals surface area contributed by atoms with Crippen LogP contribution >= 0.6 is 12.6 Å². The van der Waals surface area contributed by atoms with Gasteiger partial charge in [-0.15, -0.1) is 0 Å². The summed E-state index contributed by atoms with van der Waals surface area (Å²) in [4.78, 5) is 2.11. The van der Waals surface area contributed by atoms with Crippen LogP contribution in [0.2, 0.25) is 0 Å². The van der Waals surface area contributed by atoms with E-state index in [2.05, 4.69) is 24.5 Å². The van der Waals surface area contributed by atoms with Crippen LogP contribution in [-0.2, 0) is 0 Å². The molecule has 0 aromatic rings. The summed E-state index contributed by atoms with van der Waals surface area (Å²) in [6.07, 6.45) is -0.0125. The maximum absolute atomic E-state index is 9.32. The normalized spacial score (nSPS) is 32.3. The first-order valence-electron chi connectivity index (χ1n) is 4.86. The molecule has 78 valence electrons. The number of thiol groups is 1. The molecule has 1 saturated heterocycles. The molecule has 0 spiro atoms. The highest BCUT2D eigenvalue weighted by molar-refractivity contribution is 7.80. The summed E-state index contributed by atoms with van der Waals surface area (Å²) in [7, 11) is 0. The van der Waals surface area contributed by atoms with Gasteiger partial charge in [-0.25, -0.2) is 0 Å². The average Bonchev–Trinajstić information content (AvgIpc) is 2.42. The number of aliphatic hydroxyl groups is 2. The van der Waals surface area contributed by atoms with Crippen LogP contribution in [-0.4, -0.2) is 52.7 Å². The van der Waals surface area contributed by atoms with Crippen molar-refractivity contribution in [1.29, 1.82) is 0 Å². The van der Waals surface area contributed by atoms with Gasteiger partial charge in [0.15, 0.2) is 0 Å². The molecule has 1 aliphatic heterocycles. The molecule has 3 nitrogen and oxygen atoms in total. The summed E-state index contributed by atoms with van der Waals surface area (Å²) < 4.78 is 0. The fraction of sp³-hybridized carbons (Fsp3) is 1.00. The lowest BCUT2D eigenvalue weighted by molar-refractivity contribution is 0.0572. The molecule has 0 radical (unpaired) electrons. The van der Waals surface area contributed by atoms with Crippen molar-refractivity contribution >= 4 is 12.6 Å². The molecular weight excluding hydrogens is 186 g/mol. The van der Waals surface area contributed by atoms with Gasteiger partial charge in [0, 0.05) is 19.6 Å². The third-order valence-corrected chi connectivity index (χ3v) is 3.20. The third kappa shape index (κ3) is 3.13. The maximum Gasteiger partial charge on any atom is 0.0938 e. The van der Waals surface area contributed by atoms with E-state index in [0.29, 0.717) is 19.0 Å². The van der Waals surface area contributed by atoms with Gasteiger partial charge in [0.2, 0.25) is 0 Å². The molecule has 1 fully saturated rings. The van der Waals surface area contributed by atoms with Gasteiger partial charge in [-0.05, 0) is 11.7 Å². The molecule has 3 unspecified atom stereocenters. The minimum atomic E-state index is -0.558. The lowest BCUT2D eigenvalue weighted by Gasteiger charge is -2.20. The molecule has 1 aliphatic rings. The Balaban J connectivity index is 2.30. The fourth-order valence-electron chi connectivity index (χ4n) is 1.68. The van der Waals surface area contributed by atoms with Crippen molar-refractivity contribution in [2.24, 2.45) is 5.92 Å². The average molecular weight is 205 g/mol. The van der Waals surface area contributed by atoms with Crippen molar-refractivity contribution in [3.63, 3.8) is 0 Å². The van der Waals surface area contributed by atoms with Crippen molar-refractivity contribution in [2.75, 3.05) is 25.4 Å². The lowest BCUT2D eigenvalue weighted by Crippen LogP contribution is -2.29. The minimum Gasteiger partial charge on any atom is -0.389 e. The molecule has 4 heteroatoms. The Morgan fingerprint density at radius 3 is 2.31 bits per heavy atom. The molecular formula is C9H19NO2S. The molecule has 2 N–H and O–H groups in total. The number of likely N-dealkylation sites (tertiary alicyclic amines) is 1. The second kappa shape index (κ2) is 5.20. The Bertz CT molecular complexity index is 143. The van der Waals surface area contributed by atoms with Crippen molar-refractivity contribution in [1.82, 2.24) is 4.90 Å². The van der Waals surface area contributed by atoms with E-state index in [9.17, 15) is 10.2 Å². The molecule has 13 heavy (non-hydrogen) atoms. The lowest BCUT2D eigenvalue weighted by atomic mass is 10.1. The number of β-amino-alcohol motifs (C(OH)–C–C–N with tert-alkyl or cyclic N) is 2. The van der Waals surface area contributed by atoms with Gasteiger partial charge in [-0.2, -0.15) is 12.6 Å². The second-order valence-corrected chi connectivity index (χ2v) is 4.18.